The molecular formula is C25H21NO. The lowest BCUT2D eigenvalue weighted by atomic mass is 10.0. The van der Waals surface area contributed by atoms with Crippen molar-refractivity contribution in [2.24, 2.45) is 5.92 Å². The topological polar surface area (TPSA) is 26.0 Å². The van der Waals surface area contributed by atoms with Gasteiger partial charge in [0.15, 0.2) is 0 Å². The summed E-state index contributed by atoms with van der Waals surface area (Å²) >= 11 is 0. The molecule has 2 aromatic heterocycles. The van der Waals surface area contributed by atoms with Gasteiger partial charge in [-0.25, -0.2) is 0 Å². The zero-order valence-electron chi connectivity index (χ0n) is 20.1. The van der Waals surface area contributed by atoms with E-state index in [1.54, 1.807) is 19.9 Å². The van der Waals surface area contributed by atoms with Crippen LogP contribution in [0, 0.1) is 5.92 Å². The fraction of sp³-hybridized carbons (Fsp3) is 0.160. The number of rotatable bonds is 3. The Kier molecular flexibility index (Phi) is 2.67. The first-order valence-corrected chi connectivity index (χ1v) is 9.02. The average molecular weight is 356 g/mol. The van der Waals surface area contributed by atoms with Crippen LogP contribution in [0.15, 0.2) is 77.3 Å². The summed E-state index contributed by atoms with van der Waals surface area (Å²) in [5.41, 5.74) is 1.80. The van der Waals surface area contributed by atoms with Crippen LogP contribution < -0.4 is 0 Å². The number of hydrogen-bond donors (Lipinski definition) is 0. The Balaban J connectivity index is 1.84. The van der Waals surface area contributed by atoms with Crippen LogP contribution in [0.1, 0.15) is 26.3 Å². The first-order valence-electron chi connectivity index (χ1n) is 11.5. The Morgan fingerprint density at radius 2 is 1.85 bits per heavy atom. The van der Waals surface area contributed by atoms with Gasteiger partial charge in [0.05, 0.1) is 9.81 Å². The molecule has 2 heteroatoms. The molecule has 0 aliphatic rings. The van der Waals surface area contributed by atoms with E-state index in [0.717, 1.165) is 21.5 Å². The van der Waals surface area contributed by atoms with Gasteiger partial charge in [-0.1, -0.05) is 50.2 Å². The Hall–Kier alpha value is -3.13. The highest BCUT2D eigenvalue weighted by Gasteiger charge is 2.14. The molecule has 2 heterocycles. The van der Waals surface area contributed by atoms with Crippen molar-refractivity contribution in [3.05, 3.63) is 78.4 Å². The van der Waals surface area contributed by atoms with E-state index in [2.05, 4.69) is 11.1 Å². The lowest BCUT2D eigenvalue weighted by Crippen LogP contribution is -1.95. The summed E-state index contributed by atoms with van der Waals surface area (Å²) < 4.78 is 48.4. The zero-order valence-corrected chi connectivity index (χ0v) is 15.1. The molecule has 0 bridgehead atoms. The highest BCUT2D eigenvalue weighted by atomic mass is 16.3. The van der Waals surface area contributed by atoms with Gasteiger partial charge < -0.3 is 4.42 Å². The number of nitrogens with zero attached hydrogens (tertiary/aromatic N) is 1. The van der Waals surface area contributed by atoms with E-state index in [0.29, 0.717) is 16.7 Å². The molecule has 132 valence electrons. The Morgan fingerprint density at radius 3 is 2.67 bits per heavy atom. The highest BCUT2D eigenvalue weighted by molar-refractivity contribution is 6.12. The second-order valence-electron chi connectivity index (χ2n) is 6.98. The van der Waals surface area contributed by atoms with E-state index >= 15 is 0 Å². The van der Waals surface area contributed by atoms with E-state index in [1.165, 1.54) is 0 Å². The summed E-state index contributed by atoms with van der Waals surface area (Å²) in [6.45, 7) is 3.40. The molecule has 0 aliphatic carbocycles. The van der Waals surface area contributed by atoms with E-state index < -0.39 is 12.3 Å². The van der Waals surface area contributed by atoms with Crippen LogP contribution in [0.25, 0.3) is 44.0 Å². The van der Waals surface area contributed by atoms with Crippen molar-refractivity contribution in [3.8, 4) is 11.3 Å². The molecule has 0 saturated carbocycles. The molecule has 0 N–H and O–H groups in total. The molecule has 2 nitrogen and oxygen atoms in total. The lowest BCUT2D eigenvalue weighted by molar-refractivity contribution is 0.647. The average Bonchev–Trinajstić information content (AvgIpc) is 3.12. The van der Waals surface area contributed by atoms with Crippen LogP contribution >= 0.6 is 0 Å². The highest BCUT2D eigenvalue weighted by Crippen LogP contribution is 2.37. The number of fused-ring (bicyclic) bond motifs is 4. The molecule has 0 fully saturated rings. The molecule has 0 unspecified atom stereocenters. The summed E-state index contributed by atoms with van der Waals surface area (Å²) in [7, 11) is 0. The van der Waals surface area contributed by atoms with Crippen molar-refractivity contribution in [2.75, 3.05) is 0 Å². The number of benzene rings is 3. The molecular weight excluding hydrogens is 330 g/mol. The van der Waals surface area contributed by atoms with Gasteiger partial charge in [-0.3, -0.25) is 4.98 Å². The fourth-order valence-corrected chi connectivity index (χ4v) is 3.48. The predicted octanol–water partition coefficient (Wildman–Crippen LogP) is 7.00. The predicted molar refractivity (Wildman–Crippen MR) is 113 cm³/mol. The molecule has 0 aliphatic heterocycles. The SMILES string of the molecule is [2H]c1nc(-c2cccc3c2oc2cc4ccccc4cc23)c([2H])c(C([2H])([2H])C(C)C)c1[2H]. The maximum Gasteiger partial charge on any atom is 0.144 e. The van der Waals surface area contributed by atoms with Crippen molar-refractivity contribution in [1.29, 1.82) is 0 Å². The quantitative estimate of drug-likeness (QED) is 0.348. The first kappa shape index (κ1) is 11.6. The van der Waals surface area contributed by atoms with Gasteiger partial charge in [0.25, 0.3) is 0 Å². The van der Waals surface area contributed by atoms with Crippen molar-refractivity contribution in [3.63, 3.8) is 0 Å². The van der Waals surface area contributed by atoms with Crippen molar-refractivity contribution in [2.45, 2.75) is 20.2 Å². The fourth-order valence-electron chi connectivity index (χ4n) is 3.48. The molecule has 0 atom stereocenters. The minimum atomic E-state index is -1.94. The number of aromatic nitrogens is 1. The van der Waals surface area contributed by atoms with Gasteiger partial charge in [-0.2, -0.15) is 0 Å². The van der Waals surface area contributed by atoms with Gasteiger partial charge in [0, 0.05) is 25.3 Å². The van der Waals surface area contributed by atoms with Gasteiger partial charge in [0.1, 0.15) is 11.2 Å². The number of hydrogen-bond acceptors (Lipinski definition) is 2. The normalized spacial score (nSPS) is 15.0. The third kappa shape index (κ3) is 2.78. The second kappa shape index (κ2) is 6.24. The second-order valence-corrected chi connectivity index (χ2v) is 6.98. The van der Waals surface area contributed by atoms with E-state index in [1.807, 2.05) is 42.5 Å². The molecule has 5 aromatic rings. The van der Waals surface area contributed by atoms with Crippen LogP contribution in [-0.4, -0.2) is 4.98 Å². The van der Waals surface area contributed by atoms with Crippen molar-refractivity contribution in [1.82, 2.24) is 4.98 Å². The number of para-hydroxylation sites is 1. The van der Waals surface area contributed by atoms with Gasteiger partial charge in [0.2, 0.25) is 0 Å². The molecule has 0 spiro atoms. The Morgan fingerprint density at radius 1 is 1.04 bits per heavy atom. The Labute approximate surface area is 165 Å². The van der Waals surface area contributed by atoms with Crippen molar-refractivity contribution < 1.29 is 11.3 Å². The maximum atomic E-state index is 8.75. The summed E-state index contributed by atoms with van der Waals surface area (Å²) in [5.74, 6) is -0.472. The van der Waals surface area contributed by atoms with Crippen LogP contribution in [-0.2, 0) is 6.37 Å². The number of furan rings is 1. The van der Waals surface area contributed by atoms with Gasteiger partial charge >= 0.3 is 0 Å². The minimum absolute atomic E-state index is 0.110. The summed E-state index contributed by atoms with van der Waals surface area (Å²) in [6, 6.07) is 17.1. The van der Waals surface area contributed by atoms with Gasteiger partial charge in [-0.15, -0.1) is 0 Å². The summed E-state index contributed by atoms with van der Waals surface area (Å²) in [4.78, 5) is 4.22. The van der Waals surface area contributed by atoms with E-state index in [4.69, 9.17) is 11.3 Å². The smallest absolute Gasteiger partial charge is 0.144 e. The summed E-state index contributed by atoms with van der Waals surface area (Å²) in [6.07, 6.45) is -2.30. The molecule has 0 radical (unpaired) electrons. The monoisotopic (exact) mass is 356 g/mol. The standard InChI is InChI=1S/C25H21NO/c1-16(2)12-17-10-11-26-23(13-17)21-9-5-8-20-22-14-18-6-3-4-7-19(18)15-24(22)27-25(20)21/h3-11,13-16H,12H2,1-2H3/i10D,11D,12D2,13D. The van der Waals surface area contributed by atoms with E-state index in [9.17, 15) is 0 Å². The van der Waals surface area contributed by atoms with Crippen LogP contribution in [0.4, 0.5) is 0 Å². The van der Waals surface area contributed by atoms with E-state index in [-0.39, 0.29) is 29.5 Å². The summed E-state index contributed by atoms with van der Waals surface area (Å²) in [5, 5.41) is 3.94. The van der Waals surface area contributed by atoms with Crippen LogP contribution in [0.2, 0.25) is 0 Å². The largest absolute Gasteiger partial charge is 0.455 e. The van der Waals surface area contributed by atoms with Crippen molar-refractivity contribution >= 4 is 32.7 Å². The number of pyridine rings is 1. The Bertz CT molecular complexity index is 1520. The van der Waals surface area contributed by atoms with Gasteiger partial charge in [-0.05, 0) is 58.9 Å². The molecule has 5 rings (SSSR count). The minimum Gasteiger partial charge on any atom is -0.455 e. The molecule has 0 amide bonds. The molecule has 27 heavy (non-hydrogen) atoms. The maximum absolute atomic E-state index is 8.75. The zero-order chi connectivity index (χ0) is 22.8. The van der Waals surface area contributed by atoms with Crippen LogP contribution in [0.3, 0.4) is 0 Å². The molecule has 3 aromatic carbocycles. The lowest BCUT2D eigenvalue weighted by Gasteiger charge is -2.07. The molecule has 0 saturated heterocycles. The first-order chi connectivity index (χ1) is 15.2. The third-order valence-electron chi connectivity index (χ3n) is 4.65. The third-order valence-corrected chi connectivity index (χ3v) is 4.65. The van der Waals surface area contributed by atoms with Crippen LogP contribution in [0.5, 0.6) is 0 Å².